The number of carbonyl (C=O) groups excluding carboxylic acids is 1. The third kappa shape index (κ3) is 5.80. The first kappa shape index (κ1) is 16.8. The summed E-state index contributed by atoms with van der Waals surface area (Å²) in [6.07, 6.45) is 6.04. The lowest BCUT2D eigenvalue weighted by Gasteiger charge is -2.26. The fourth-order valence-electron chi connectivity index (χ4n) is 2.71. The van der Waals surface area contributed by atoms with Crippen molar-refractivity contribution in [3.05, 3.63) is 0 Å². The van der Waals surface area contributed by atoms with Crippen LogP contribution in [0.25, 0.3) is 0 Å². The fourth-order valence-corrected chi connectivity index (χ4v) is 2.71. The lowest BCUT2D eigenvalue weighted by molar-refractivity contribution is -0.140. The number of hydrogen-bond acceptors (Lipinski definition) is 2. The summed E-state index contributed by atoms with van der Waals surface area (Å²) in [5.41, 5.74) is 0. The molecule has 0 aromatic rings. The van der Waals surface area contributed by atoms with Crippen molar-refractivity contribution in [1.82, 2.24) is 10.6 Å². The molecule has 0 heterocycles. The largest absolute Gasteiger partial charge is 0.480 e. The van der Waals surface area contributed by atoms with E-state index in [0.717, 1.165) is 12.3 Å². The number of aliphatic carboxylic acids is 1. The van der Waals surface area contributed by atoms with Crippen LogP contribution in [-0.4, -0.2) is 29.7 Å². The minimum absolute atomic E-state index is 0.127. The van der Waals surface area contributed by atoms with Crippen LogP contribution in [0, 0.1) is 17.8 Å². The zero-order valence-electron chi connectivity index (χ0n) is 12.8. The van der Waals surface area contributed by atoms with Crippen molar-refractivity contribution in [2.24, 2.45) is 17.8 Å². The quantitative estimate of drug-likeness (QED) is 0.701. The first-order valence-corrected chi connectivity index (χ1v) is 7.67. The topological polar surface area (TPSA) is 78.4 Å². The van der Waals surface area contributed by atoms with Gasteiger partial charge in [0.15, 0.2) is 0 Å². The molecule has 5 nitrogen and oxygen atoms in total. The number of amides is 2. The van der Waals surface area contributed by atoms with Crippen LogP contribution in [0.2, 0.25) is 0 Å². The van der Waals surface area contributed by atoms with E-state index in [1.54, 1.807) is 13.8 Å². The van der Waals surface area contributed by atoms with Crippen molar-refractivity contribution >= 4 is 12.0 Å². The van der Waals surface area contributed by atoms with E-state index in [1.807, 2.05) is 0 Å². The van der Waals surface area contributed by atoms with Crippen LogP contribution >= 0.6 is 0 Å². The van der Waals surface area contributed by atoms with E-state index >= 15 is 0 Å². The van der Waals surface area contributed by atoms with E-state index < -0.39 is 12.0 Å². The molecule has 0 radical (unpaired) electrons. The maximum atomic E-state index is 11.7. The zero-order chi connectivity index (χ0) is 15.1. The molecule has 1 atom stereocenters. The Morgan fingerprint density at radius 2 is 1.80 bits per heavy atom. The molecule has 1 aliphatic rings. The molecule has 1 rings (SSSR count). The first-order chi connectivity index (χ1) is 9.40. The van der Waals surface area contributed by atoms with Gasteiger partial charge in [-0.1, -0.05) is 46.5 Å². The number of carboxylic acids is 1. The molecule has 1 saturated carbocycles. The van der Waals surface area contributed by atoms with Crippen molar-refractivity contribution < 1.29 is 14.7 Å². The van der Waals surface area contributed by atoms with Gasteiger partial charge in [0.25, 0.3) is 0 Å². The van der Waals surface area contributed by atoms with E-state index in [2.05, 4.69) is 17.6 Å². The average molecular weight is 284 g/mol. The van der Waals surface area contributed by atoms with Gasteiger partial charge in [0.2, 0.25) is 0 Å². The second-order valence-electron chi connectivity index (χ2n) is 6.37. The smallest absolute Gasteiger partial charge is 0.326 e. The van der Waals surface area contributed by atoms with Crippen LogP contribution < -0.4 is 10.6 Å². The SMILES string of the molecule is CC1CCC(CCNC(=O)N[C@@H](C(=O)O)C(C)C)CC1. The normalized spacial score (nSPS) is 24.2. The number of hydrogen-bond donors (Lipinski definition) is 3. The predicted molar refractivity (Wildman–Crippen MR) is 78.5 cm³/mol. The summed E-state index contributed by atoms with van der Waals surface area (Å²) >= 11 is 0. The van der Waals surface area contributed by atoms with Crippen molar-refractivity contribution in [3.8, 4) is 0 Å². The van der Waals surface area contributed by atoms with E-state index in [-0.39, 0.29) is 11.9 Å². The average Bonchev–Trinajstić information content (AvgIpc) is 2.37. The summed E-state index contributed by atoms with van der Waals surface area (Å²) in [7, 11) is 0. The highest BCUT2D eigenvalue weighted by Gasteiger charge is 2.23. The number of carbonyl (C=O) groups is 2. The van der Waals surface area contributed by atoms with Crippen molar-refractivity contribution in [2.75, 3.05) is 6.54 Å². The number of nitrogens with one attached hydrogen (secondary N) is 2. The molecule has 0 unspecified atom stereocenters. The Kier molecular flexibility index (Phi) is 6.82. The third-order valence-electron chi connectivity index (χ3n) is 4.19. The lowest BCUT2D eigenvalue weighted by atomic mass is 9.81. The van der Waals surface area contributed by atoms with Gasteiger partial charge in [0.1, 0.15) is 6.04 Å². The van der Waals surface area contributed by atoms with Crippen LogP contribution in [0.5, 0.6) is 0 Å². The molecule has 0 spiro atoms. The zero-order valence-corrected chi connectivity index (χ0v) is 12.8. The molecule has 0 aliphatic heterocycles. The summed E-state index contributed by atoms with van der Waals surface area (Å²) in [5.74, 6) is 0.422. The molecule has 0 saturated heterocycles. The van der Waals surface area contributed by atoms with E-state index in [1.165, 1.54) is 25.7 Å². The maximum Gasteiger partial charge on any atom is 0.326 e. The second-order valence-corrected chi connectivity index (χ2v) is 6.37. The molecule has 1 fully saturated rings. The van der Waals surface area contributed by atoms with Crippen molar-refractivity contribution in [2.45, 2.75) is 58.9 Å². The first-order valence-electron chi connectivity index (χ1n) is 7.67. The Hall–Kier alpha value is -1.26. The monoisotopic (exact) mass is 284 g/mol. The predicted octanol–water partition coefficient (Wildman–Crippen LogP) is 2.61. The summed E-state index contributed by atoms with van der Waals surface area (Å²) in [4.78, 5) is 22.7. The second kappa shape index (κ2) is 8.12. The van der Waals surface area contributed by atoms with Crippen LogP contribution in [0.3, 0.4) is 0 Å². The molecule has 3 N–H and O–H groups in total. The highest BCUT2D eigenvalue weighted by Crippen LogP contribution is 2.29. The van der Waals surface area contributed by atoms with Gasteiger partial charge in [0.05, 0.1) is 0 Å². The van der Waals surface area contributed by atoms with Gasteiger partial charge in [-0.25, -0.2) is 9.59 Å². The Bertz CT molecular complexity index is 323. The molecular formula is C15H28N2O3. The van der Waals surface area contributed by atoms with Gasteiger partial charge in [-0.3, -0.25) is 0 Å². The van der Waals surface area contributed by atoms with E-state index in [9.17, 15) is 9.59 Å². The summed E-state index contributed by atoms with van der Waals surface area (Å²) in [6, 6.07) is -1.21. The van der Waals surface area contributed by atoms with Gasteiger partial charge in [0, 0.05) is 6.54 Å². The summed E-state index contributed by atoms with van der Waals surface area (Å²) in [5, 5.41) is 14.3. The highest BCUT2D eigenvalue weighted by atomic mass is 16.4. The van der Waals surface area contributed by atoms with Gasteiger partial charge in [-0.05, 0) is 24.2 Å². The van der Waals surface area contributed by atoms with Gasteiger partial charge < -0.3 is 15.7 Å². The third-order valence-corrected chi connectivity index (χ3v) is 4.19. The molecule has 2 amide bonds. The van der Waals surface area contributed by atoms with Crippen LogP contribution in [0.4, 0.5) is 4.79 Å². The molecule has 5 heteroatoms. The minimum atomic E-state index is -0.989. The standard InChI is InChI=1S/C15H28N2O3/c1-10(2)13(14(18)19)17-15(20)16-9-8-12-6-4-11(3)5-7-12/h10-13H,4-9H2,1-3H3,(H,18,19)(H2,16,17,20)/t11?,12?,13-/m1/s1. The van der Waals surface area contributed by atoms with Crippen LogP contribution in [-0.2, 0) is 4.79 Å². The summed E-state index contributed by atoms with van der Waals surface area (Å²) in [6.45, 7) is 6.47. The van der Waals surface area contributed by atoms with Gasteiger partial charge >= 0.3 is 12.0 Å². The lowest BCUT2D eigenvalue weighted by Crippen LogP contribution is -2.48. The van der Waals surface area contributed by atoms with E-state index in [4.69, 9.17) is 5.11 Å². The number of carboxylic acid groups (broad SMARTS) is 1. The molecule has 1 aliphatic carbocycles. The van der Waals surface area contributed by atoms with Gasteiger partial charge in [-0.2, -0.15) is 0 Å². The number of rotatable bonds is 6. The fraction of sp³-hybridized carbons (Fsp3) is 0.867. The van der Waals surface area contributed by atoms with Gasteiger partial charge in [-0.15, -0.1) is 0 Å². The van der Waals surface area contributed by atoms with Crippen molar-refractivity contribution in [1.29, 1.82) is 0 Å². The Morgan fingerprint density at radius 3 is 2.30 bits per heavy atom. The van der Waals surface area contributed by atoms with Crippen molar-refractivity contribution in [3.63, 3.8) is 0 Å². The molecule has 0 aromatic heterocycles. The Labute approximate surface area is 121 Å². The summed E-state index contributed by atoms with van der Waals surface area (Å²) < 4.78 is 0. The van der Waals surface area contributed by atoms with Crippen LogP contribution in [0.15, 0.2) is 0 Å². The van der Waals surface area contributed by atoms with Crippen LogP contribution in [0.1, 0.15) is 52.9 Å². The molecular weight excluding hydrogens is 256 g/mol. The molecule has 20 heavy (non-hydrogen) atoms. The minimum Gasteiger partial charge on any atom is -0.480 e. The maximum absolute atomic E-state index is 11.7. The molecule has 0 aromatic carbocycles. The highest BCUT2D eigenvalue weighted by molar-refractivity contribution is 5.82. The van der Waals surface area contributed by atoms with E-state index in [0.29, 0.717) is 12.5 Å². The number of urea groups is 1. The Balaban J connectivity index is 2.21. The molecule has 116 valence electrons. The Morgan fingerprint density at radius 1 is 1.20 bits per heavy atom. The molecule has 0 bridgehead atoms.